The van der Waals surface area contributed by atoms with Gasteiger partial charge in [-0.3, -0.25) is 9.78 Å². The SMILES string of the molecule is CN(C)CC(=O)N1CCC(c2nccn2Cc2ccncc2)CC1. The predicted molar refractivity (Wildman–Crippen MR) is 92.7 cm³/mol. The van der Waals surface area contributed by atoms with Gasteiger partial charge >= 0.3 is 0 Å². The summed E-state index contributed by atoms with van der Waals surface area (Å²) in [4.78, 5) is 24.7. The van der Waals surface area contributed by atoms with E-state index in [1.165, 1.54) is 5.56 Å². The normalized spacial score (nSPS) is 15.9. The molecular weight excluding hydrogens is 302 g/mol. The van der Waals surface area contributed by atoms with Gasteiger partial charge in [-0.15, -0.1) is 0 Å². The van der Waals surface area contributed by atoms with Crippen molar-refractivity contribution in [1.82, 2.24) is 24.3 Å². The maximum atomic E-state index is 12.2. The van der Waals surface area contributed by atoms with Crippen molar-refractivity contribution in [2.75, 3.05) is 33.7 Å². The Morgan fingerprint density at radius 2 is 1.92 bits per heavy atom. The number of imidazole rings is 1. The molecule has 0 bridgehead atoms. The molecule has 0 aromatic carbocycles. The highest BCUT2D eigenvalue weighted by Crippen LogP contribution is 2.27. The molecule has 6 heteroatoms. The number of likely N-dealkylation sites (tertiary alicyclic amines) is 1. The van der Waals surface area contributed by atoms with Gasteiger partial charge in [0.1, 0.15) is 5.82 Å². The monoisotopic (exact) mass is 327 g/mol. The van der Waals surface area contributed by atoms with Crippen LogP contribution < -0.4 is 0 Å². The molecule has 1 fully saturated rings. The van der Waals surface area contributed by atoms with E-state index in [0.717, 1.165) is 38.3 Å². The molecule has 3 rings (SSSR count). The molecule has 24 heavy (non-hydrogen) atoms. The summed E-state index contributed by atoms with van der Waals surface area (Å²) in [5.41, 5.74) is 1.22. The maximum absolute atomic E-state index is 12.2. The molecule has 0 N–H and O–H groups in total. The van der Waals surface area contributed by atoms with Gasteiger partial charge in [0.15, 0.2) is 0 Å². The number of piperidine rings is 1. The Kier molecular flexibility index (Phi) is 5.25. The molecule has 128 valence electrons. The van der Waals surface area contributed by atoms with Crippen molar-refractivity contribution in [3.8, 4) is 0 Å². The van der Waals surface area contributed by atoms with Crippen molar-refractivity contribution in [2.45, 2.75) is 25.3 Å². The van der Waals surface area contributed by atoms with Gasteiger partial charge in [0.25, 0.3) is 0 Å². The molecular formula is C18H25N5O. The lowest BCUT2D eigenvalue weighted by molar-refractivity contribution is -0.132. The molecule has 6 nitrogen and oxygen atoms in total. The van der Waals surface area contributed by atoms with E-state index >= 15 is 0 Å². The molecule has 3 heterocycles. The summed E-state index contributed by atoms with van der Waals surface area (Å²) in [6.45, 7) is 2.94. The summed E-state index contributed by atoms with van der Waals surface area (Å²) in [5, 5.41) is 0. The summed E-state index contributed by atoms with van der Waals surface area (Å²) in [6.07, 6.45) is 9.51. The van der Waals surface area contributed by atoms with Gasteiger partial charge in [-0.2, -0.15) is 0 Å². The Morgan fingerprint density at radius 1 is 1.21 bits per heavy atom. The molecule has 1 amide bonds. The van der Waals surface area contributed by atoms with Crippen LogP contribution in [0.2, 0.25) is 0 Å². The number of hydrogen-bond donors (Lipinski definition) is 0. The molecule has 0 spiro atoms. The van der Waals surface area contributed by atoms with Gasteiger partial charge in [0.2, 0.25) is 5.91 Å². The first kappa shape index (κ1) is 16.6. The van der Waals surface area contributed by atoms with Gasteiger partial charge in [-0.1, -0.05) is 0 Å². The number of hydrogen-bond acceptors (Lipinski definition) is 4. The third-order valence-electron chi connectivity index (χ3n) is 4.51. The standard InChI is InChI=1S/C18H25N5O/c1-21(2)14-17(24)22-10-5-16(6-11-22)18-20-9-12-23(18)13-15-3-7-19-8-4-15/h3-4,7-9,12,16H,5-6,10-11,13-14H2,1-2H3. The molecule has 0 aliphatic carbocycles. The fourth-order valence-corrected chi connectivity index (χ4v) is 3.26. The van der Waals surface area contributed by atoms with Gasteiger partial charge in [-0.25, -0.2) is 4.98 Å². The predicted octanol–water partition coefficient (Wildman–Crippen LogP) is 1.59. The first-order valence-corrected chi connectivity index (χ1v) is 8.46. The van der Waals surface area contributed by atoms with Gasteiger partial charge in [0.05, 0.1) is 6.54 Å². The zero-order valence-electron chi connectivity index (χ0n) is 14.4. The average molecular weight is 327 g/mol. The Morgan fingerprint density at radius 3 is 2.58 bits per heavy atom. The van der Waals surface area contributed by atoms with Gasteiger partial charge in [0, 0.05) is 50.3 Å². The Labute approximate surface area is 143 Å². The maximum Gasteiger partial charge on any atom is 0.236 e. The number of carbonyl (C=O) groups is 1. The van der Waals surface area contributed by atoms with Crippen LogP contribution in [-0.4, -0.2) is 64.0 Å². The Balaban J connectivity index is 1.61. The molecule has 0 unspecified atom stereocenters. The van der Waals surface area contributed by atoms with Crippen LogP contribution in [-0.2, 0) is 11.3 Å². The van der Waals surface area contributed by atoms with Gasteiger partial charge < -0.3 is 14.4 Å². The summed E-state index contributed by atoms with van der Waals surface area (Å²) >= 11 is 0. The third kappa shape index (κ3) is 4.00. The number of nitrogens with zero attached hydrogens (tertiary/aromatic N) is 5. The highest BCUT2D eigenvalue weighted by molar-refractivity contribution is 5.78. The number of rotatable bonds is 5. The molecule has 2 aromatic rings. The zero-order chi connectivity index (χ0) is 16.9. The van der Waals surface area contributed by atoms with Crippen LogP contribution in [0.4, 0.5) is 0 Å². The minimum atomic E-state index is 0.221. The smallest absolute Gasteiger partial charge is 0.236 e. The Bertz CT molecular complexity index is 659. The number of likely N-dealkylation sites (N-methyl/N-ethyl adjacent to an activating group) is 1. The lowest BCUT2D eigenvalue weighted by atomic mass is 9.95. The zero-order valence-corrected chi connectivity index (χ0v) is 14.4. The van der Waals surface area contributed by atoms with Crippen molar-refractivity contribution < 1.29 is 4.79 Å². The first-order chi connectivity index (χ1) is 11.6. The van der Waals surface area contributed by atoms with Crippen molar-refractivity contribution in [2.24, 2.45) is 0 Å². The van der Waals surface area contributed by atoms with E-state index in [2.05, 4.69) is 14.5 Å². The van der Waals surface area contributed by atoms with E-state index in [4.69, 9.17) is 0 Å². The summed E-state index contributed by atoms with van der Waals surface area (Å²) in [5.74, 6) is 1.77. The molecule has 0 saturated carbocycles. The molecule has 1 saturated heterocycles. The topological polar surface area (TPSA) is 54.3 Å². The highest BCUT2D eigenvalue weighted by Gasteiger charge is 2.26. The fraction of sp³-hybridized carbons (Fsp3) is 0.500. The van der Waals surface area contributed by atoms with Crippen molar-refractivity contribution >= 4 is 5.91 Å². The molecule has 1 aliphatic heterocycles. The summed E-state index contributed by atoms with van der Waals surface area (Å²) < 4.78 is 2.22. The second kappa shape index (κ2) is 7.57. The molecule has 1 aliphatic rings. The van der Waals surface area contributed by atoms with Crippen molar-refractivity contribution in [3.63, 3.8) is 0 Å². The summed E-state index contributed by atoms with van der Waals surface area (Å²) in [6, 6.07) is 4.07. The van der Waals surface area contributed by atoms with E-state index in [1.807, 2.05) is 60.8 Å². The number of aromatic nitrogens is 3. The van der Waals surface area contributed by atoms with Crippen LogP contribution in [0.5, 0.6) is 0 Å². The second-order valence-electron chi connectivity index (χ2n) is 6.66. The van der Waals surface area contributed by atoms with Crippen LogP contribution in [0.25, 0.3) is 0 Å². The molecule has 0 radical (unpaired) electrons. The van der Waals surface area contributed by atoms with Crippen LogP contribution in [0.1, 0.15) is 30.1 Å². The number of pyridine rings is 1. The van der Waals surface area contributed by atoms with E-state index in [9.17, 15) is 4.79 Å². The largest absolute Gasteiger partial charge is 0.342 e. The third-order valence-corrected chi connectivity index (χ3v) is 4.51. The van der Waals surface area contributed by atoms with E-state index in [-0.39, 0.29) is 5.91 Å². The van der Waals surface area contributed by atoms with Crippen LogP contribution in [0.15, 0.2) is 36.9 Å². The van der Waals surface area contributed by atoms with E-state index in [0.29, 0.717) is 12.5 Å². The van der Waals surface area contributed by atoms with E-state index < -0.39 is 0 Å². The van der Waals surface area contributed by atoms with Crippen molar-refractivity contribution in [1.29, 1.82) is 0 Å². The summed E-state index contributed by atoms with van der Waals surface area (Å²) in [7, 11) is 3.86. The Hall–Kier alpha value is -2.21. The average Bonchev–Trinajstić information content (AvgIpc) is 3.03. The first-order valence-electron chi connectivity index (χ1n) is 8.46. The van der Waals surface area contributed by atoms with Crippen LogP contribution in [0.3, 0.4) is 0 Å². The molecule has 0 atom stereocenters. The molecule has 2 aromatic heterocycles. The lowest BCUT2D eigenvalue weighted by Gasteiger charge is -2.32. The van der Waals surface area contributed by atoms with Gasteiger partial charge in [-0.05, 0) is 44.6 Å². The fourth-order valence-electron chi connectivity index (χ4n) is 3.26. The number of amides is 1. The van der Waals surface area contributed by atoms with E-state index in [1.54, 1.807) is 0 Å². The highest BCUT2D eigenvalue weighted by atomic mass is 16.2. The van der Waals surface area contributed by atoms with Crippen LogP contribution in [0, 0.1) is 0 Å². The van der Waals surface area contributed by atoms with Crippen molar-refractivity contribution in [3.05, 3.63) is 48.3 Å². The van der Waals surface area contributed by atoms with Crippen LogP contribution >= 0.6 is 0 Å². The minimum Gasteiger partial charge on any atom is -0.342 e. The lowest BCUT2D eigenvalue weighted by Crippen LogP contribution is -2.42. The second-order valence-corrected chi connectivity index (χ2v) is 6.66. The number of carbonyl (C=O) groups excluding carboxylic acids is 1. The minimum absolute atomic E-state index is 0.221. The quantitative estimate of drug-likeness (QED) is 0.837.